The van der Waals surface area contributed by atoms with Crippen LogP contribution in [0, 0.1) is 5.92 Å². The highest BCUT2D eigenvalue weighted by atomic mass is 16.5. The third-order valence-electron chi connectivity index (χ3n) is 3.74. The van der Waals surface area contributed by atoms with Gasteiger partial charge in [-0.1, -0.05) is 12.1 Å². The number of fused-ring (bicyclic) bond motifs is 1. The normalized spacial score (nSPS) is 22.5. The number of carbonyl (C=O) groups excluding carboxylic acids is 3. The van der Waals surface area contributed by atoms with Crippen LogP contribution in [0.5, 0.6) is 5.75 Å². The molecule has 2 aliphatic heterocycles. The van der Waals surface area contributed by atoms with E-state index >= 15 is 0 Å². The van der Waals surface area contributed by atoms with Crippen molar-refractivity contribution in [1.29, 1.82) is 0 Å². The summed E-state index contributed by atoms with van der Waals surface area (Å²) in [7, 11) is 1.45. The lowest BCUT2D eigenvalue weighted by Crippen LogP contribution is -2.36. The van der Waals surface area contributed by atoms with Gasteiger partial charge in [-0.15, -0.1) is 0 Å². The maximum absolute atomic E-state index is 12.7. The molecular formula is C15H15N3O5. The second-order valence-corrected chi connectivity index (χ2v) is 4.99. The predicted octanol–water partition coefficient (Wildman–Crippen LogP) is 0.0755. The quantitative estimate of drug-likeness (QED) is 0.624. The van der Waals surface area contributed by atoms with E-state index in [4.69, 9.17) is 9.47 Å². The van der Waals surface area contributed by atoms with Crippen LogP contribution in [0.3, 0.4) is 0 Å². The summed E-state index contributed by atoms with van der Waals surface area (Å²) >= 11 is 0. The molecule has 1 fully saturated rings. The molecule has 0 bridgehead atoms. The van der Waals surface area contributed by atoms with E-state index in [0.29, 0.717) is 11.4 Å². The van der Waals surface area contributed by atoms with Crippen LogP contribution in [0.15, 0.2) is 29.4 Å². The number of benzene rings is 1. The van der Waals surface area contributed by atoms with Gasteiger partial charge in [0.05, 0.1) is 19.4 Å². The third kappa shape index (κ3) is 2.23. The van der Waals surface area contributed by atoms with Crippen LogP contribution in [0.25, 0.3) is 0 Å². The molecule has 23 heavy (non-hydrogen) atoms. The van der Waals surface area contributed by atoms with Crippen LogP contribution in [0.1, 0.15) is 6.92 Å². The van der Waals surface area contributed by atoms with Gasteiger partial charge >= 0.3 is 5.97 Å². The first-order valence-corrected chi connectivity index (χ1v) is 7.11. The van der Waals surface area contributed by atoms with Crippen LogP contribution in [0.2, 0.25) is 0 Å². The Morgan fingerprint density at radius 1 is 1.30 bits per heavy atom. The Kier molecular flexibility index (Phi) is 3.73. The maximum Gasteiger partial charge on any atom is 0.355 e. The van der Waals surface area contributed by atoms with Crippen molar-refractivity contribution in [2.75, 3.05) is 18.6 Å². The van der Waals surface area contributed by atoms with Gasteiger partial charge in [-0.25, -0.2) is 9.69 Å². The second kappa shape index (κ2) is 5.71. The summed E-state index contributed by atoms with van der Waals surface area (Å²) in [5.41, 5.74) is 2.82. The first kappa shape index (κ1) is 15.0. The van der Waals surface area contributed by atoms with Crippen molar-refractivity contribution in [3.8, 4) is 5.75 Å². The van der Waals surface area contributed by atoms with Gasteiger partial charge in [0.1, 0.15) is 17.7 Å². The molecular weight excluding hydrogens is 302 g/mol. The third-order valence-corrected chi connectivity index (χ3v) is 3.74. The number of imide groups is 1. The molecule has 1 aromatic carbocycles. The Hall–Kier alpha value is -2.90. The zero-order valence-electron chi connectivity index (χ0n) is 12.6. The molecule has 1 aromatic rings. The van der Waals surface area contributed by atoms with E-state index in [1.54, 1.807) is 31.2 Å². The number of hydrogen-bond acceptors (Lipinski definition) is 7. The molecule has 1 N–H and O–H groups in total. The first-order valence-electron chi connectivity index (χ1n) is 7.11. The zero-order chi connectivity index (χ0) is 16.6. The molecule has 0 aromatic heterocycles. The number of amides is 2. The van der Waals surface area contributed by atoms with Crippen LogP contribution in [0.4, 0.5) is 5.69 Å². The van der Waals surface area contributed by atoms with Crippen LogP contribution in [-0.4, -0.2) is 43.3 Å². The molecule has 3 rings (SSSR count). The summed E-state index contributed by atoms with van der Waals surface area (Å²) in [4.78, 5) is 38.2. The fraction of sp³-hybridized carbons (Fsp3) is 0.333. The highest BCUT2D eigenvalue weighted by Gasteiger charge is 2.56. The van der Waals surface area contributed by atoms with Gasteiger partial charge in [0.15, 0.2) is 5.71 Å². The highest BCUT2D eigenvalue weighted by molar-refractivity contribution is 6.46. The van der Waals surface area contributed by atoms with E-state index in [9.17, 15) is 14.4 Å². The van der Waals surface area contributed by atoms with Crippen LogP contribution in [-0.2, 0) is 19.1 Å². The minimum Gasteiger partial charge on any atom is -0.495 e. The maximum atomic E-state index is 12.7. The lowest BCUT2D eigenvalue weighted by Gasteiger charge is -2.18. The van der Waals surface area contributed by atoms with Gasteiger partial charge in [0.25, 0.3) is 5.91 Å². The Bertz CT molecular complexity index is 715. The van der Waals surface area contributed by atoms with Crippen molar-refractivity contribution in [2.45, 2.75) is 13.0 Å². The molecule has 0 saturated carbocycles. The number of hydrazone groups is 1. The minimum atomic E-state index is -0.980. The van der Waals surface area contributed by atoms with Crippen molar-refractivity contribution in [2.24, 2.45) is 11.0 Å². The summed E-state index contributed by atoms with van der Waals surface area (Å²) < 4.78 is 10.1. The summed E-state index contributed by atoms with van der Waals surface area (Å²) in [6.45, 7) is 1.81. The Morgan fingerprint density at radius 3 is 2.74 bits per heavy atom. The van der Waals surface area contributed by atoms with Gasteiger partial charge in [-0.05, 0) is 19.1 Å². The summed E-state index contributed by atoms with van der Waals surface area (Å²) in [6.07, 6.45) is 0. The largest absolute Gasteiger partial charge is 0.495 e. The van der Waals surface area contributed by atoms with Crippen molar-refractivity contribution < 1.29 is 23.9 Å². The van der Waals surface area contributed by atoms with E-state index < -0.39 is 29.7 Å². The molecule has 0 aliphatic carbocycles. The zero-order valence-corrected chi connectivity index (χ0v) is 12.6. The number of carbonyl (C=O) groups is 3. The van der Waals surface area contributed by atoms with Crippen molar-refractivity contribution in [1.82, 2.24) is 5.43 Å². The molecule has 0 spiro atoms. The average Bonchev–Trinajstić information content (AvgIpc) is 3.09. The van der Waals surface area contributed by atoms with Crippen LogP contribution < -0.4 is 15.1 Å². The Morgan fingerprint density at radius 2 is 2.04 bits per heavy atom. The number of methoxy groups -OCH3 is 1. The Balaban J connectivity index is 1.96. The topological polar surface area (TPSA) is 97.3 Å². The van der Waals surface area contributed by atoms with Gasteiger partial charge in [-0.2, -0.15) is 5.10 Å². The minimum absolute atomic E-state index is 0.0763. The molecule has 0 radical (unpaired) electrons. The van der Waals surface area contributed by atoms with E-state index in [1.165, 1.54) is 7.11 Å². The summed E-state index contributed by atoms with van der Waals surface area (Å²) in [5, 5.41) is 3.80. The lowest BCUT2D eigenvalue weighted by molar-refractivity contribution is -0.136. The molecule has 2 heterocycles. The van der Waals surface area contributed by atoms with E-state index in [2.05, 4.69) is 10.5 Å². The van der Waals surface area contributed by atoms with Gasteiger partial charge < -0.3 is 9.47 Å². The molecule has 1 saturated heterocycles. The lowest BCUT2D eigenvalue weighted by atomic mass is 9.99. The fourth-order valence-electron chi connectivity index (χ4n) is 2.71. The first-order chi connectivity index (χ1) is 11.1. The molecule has 8 heteroatoms. The summed E-state index contributed by atoms with van der Waals surface area (Å²) in [6, 6.07) is 5.79. The van der Waals surface area contributed by atoms with Gasteiger partial charge in [0, 0.05) is 0 Å². The fourth-order valence-corrected chi connectivity index (χ4v) is 2.71. The SMILES string of the molecule is CCOC(=O)C1=NN[C@@H]2C(=O)N(c3ccccc3OC)C(=O)[C@H]12. The number of ether oxygens (including phenoxy) is 2. The number of anilines is 1. The van der Waals surface area contributed by atoms with Crippen molar-refractivity contribution >= 4 is 29.2 Å². The predicted molar refractivity (Wildman–Crippen MR) is 80.0 cm³/mol. The Labute approximate surface area is 132 Å². The van der Waals surface area contributed by atoms with Gasteiger partial charge in [-0.3, -0.25) is 15.0 Å². The number of nitrogens with one attached hydrogen (secondary N) is 1. The second-order valence-electron chi connectivity index (χ2n) is 4.99. The van der Waals surface area contributed by atoms with Gasteiger partial charge in [0.2, 0.25) is 5.91 Å². The molecule has 2 aliphatic rings. The molecule has 120 valence electrons. The molecule has 2 atom stereocenters. The molecule has 8 nitrogen and oxygen atoms in total. The standard InChI is InChI=1S/C15H15N3O5/c1-3-23-15(21)12-10-11(16-17-12)14(20)18(13(10)19)8-6-4-5-7-9(8)22-2/h4-7,10-11,16H,3H2,1-2H3/t10-,11-/m0/s1. The smallest absolute Gasteiger partial charge is 0.355 e. The summed E-state index contributed by atoms with van der Waals surface area (Å²) in [5.74, 6) is -2.29. The number of esters is 1. The highest BCUT2D eigenvalue weighted by Crippen LogP contribution is 2.35. The van der Waals surface area contributed by atoms with Crippen molar-refractivity contribution in [3.05, 3.63) is 24.3 Å². The van der Waals surface area contributed by atoms with Crippen molar-refractivity contribution in [3.63, 3.8) is 0 Å². The number of hydrogen-bond donors (Lipinski definition) is 1. The molecule has 2 amide bonds. The number of rotatable bonds is 4. The number of nitrogens with zero attached hydrogens (tertiary/aromatic N) is 2. The average molecular weight is 317 g/mol. The monoisotopic (exact) mass is 317 g/mol. The van der Waals surface area contributed by atoms with E-state index in [1.807, 2.05) is 0 Å². The van der Waals surface area contributed by atoms with E-state index in [0.717, 1.165) is 4.90 Å². The number of para-hydroxylation sites is 2. The van der Waals surface area contributed by atoms with E-state index in [-0.39, 0.29) is 12.3 Å². The molecule has 0 unspecified atom stereocenters. The van der Waals surface area contributed by atoms with Crippen LogP contribution >= 0.6 is 0 Å².